The Morgan fingerprint density at radius 2 is 2.16 bits per heavy atom. The van der Waals surface area contributed by atoms with Gasteiger partial charge in [0.1, 0.15) is 17.9 Å². The molecule has 0 fully saturated rings. The van der Waals surface area contributed by atoms with E-state index in [1.807, 2.05) is 25.1 Å². The first-order chi connectivity index (χ1) is 9.06. The summed E-state index contributed by atoms with van der Waals surface area (Å²) in [5, 5.41) is 9.44. The van der Waals surface area contributed by atoms with Gasteiger partial charge in [0, 0.05) is 10.7 Å². The van der Waals surface area contributed by atoms with E-state index in [4.69, 9.17) is 21.4 Å². The van der Waals surface area contributed by atoms with Gasteiger partial charge in [0.05, 0.1) is 5.69 Å². The molecule has 1 aromatic carbocycles. The third kappa shape index (κ3) is 3.45. The van der Waals surface area contributed by atoms with E-state index in [1.54, 1.807) is 12.1 Å². The second-order valence-electron chi connectivity index (χ2n) is 4.00. The summed E-state index contributed by atoms with van der Waals surface area (Å²) >= 11 is 5.77. The van der Waals surface area contributed by atoms with Crippen LogP contribution in [0.5, 0.6) is 5.75 Å². The summed E-state index contributed by atoms with van der Waals surface area (Å²) in [6.07, 6.45) is 0. The van der Waals surface area contributed by atoms with E-state index in [9.17, 15) is 4.79 Å². The van der Waals surface area contributed by atoms with Gasteiger partial charge in [0.25, 0.3) is 0 Å². The Kier molecular flexibility index (Phi) is 4.02. The number of rotatable bonds is 4. The van der Waals surface area contributed by atoms with Crippen LogP contribution in [0.1, 0.15) is 21.7 Å². The summed E-state index contributed by atoms with van der Waals surface area (Å²) in [7, 11) is 0. The zero-order valence-corrected chi connectivity index (χ0v) is 11.0. The van der Waals surface area contributed by atoms with Crippen LogP contribution in [0.25, 0.3) is 0 Å². The Balaban J connectivity index is 2.17. The maximum atomic E-state index is 11.1. The molecule has 0 radical (unpaired) electrons. The molecule has 0 aliphatic heterocycles. The Labute approximate surface area is 115 Å². The van der Waals surface area contributed by atoms with E-state index in [0.29, 0.717) is 5.02 Å². The van der Waals surface area contributed by atoms with Gasteiger partial charge in [-0.15, -0.1) is 0 Å². The normalized spacial score (nSPS) is 10.2. The fourth-order valence-electron chi connectivity index (χ4n) is 1.63. The van der Waals surface area contributed by atoms with Crippen LogP contribution in [0, 0.1) is 6.92 Å². The molecule has 0 unspecified atom stereocenters. The van der Waals surface area contributed by atoms with Gasteiger partial charge in [0.15, 0.2) is 0 Å². The molecule has 1 N–H and O–H groups in total. The molecule has 0 saturated carbocycles. The maximum absolute atomic E-state index is 11.1. The molecule has 0 saturated heterocycles. The summed E-state index contributed by atoms with van der Waals surface area (Å²) in [4.78, 5) is 15.4. The predicted octanol–water partition coefficient (Wildman–Crippen LogP) is 3.32. The van der Waals surface area contributed by atoms with E-state index < -0.39 is 5.97 Å². The van der Waals surface area contributed by atoms with Crippen LogP contribution in [0.15, 0.2) is 36.4 Å². The maximum Gasteiger partial charge on any atom is 0.339 e. The van der Waals surface area contributed by atoms with Crippen molar-refractivity contribution in [1.82, 2.24) is 4.98 Å². The van der Waals surface area contributed by atoms with E-state index in [2.05, 4.69) is 4.98 Å². The van der Waals surface area contributed by atoms with Crippen molar-refractivity contribution in [3.05, 3.63) is 58.4 Å². The van der Waals surface area contributed by atoms with Crippen LogP contribution in [-0.2, 0) is 6.61 Å². The standard InChI is InChI=1S/C14H12ClNO3/c1-9-3-2-4-11(16-9)8-19-13-6-5-10(15)7-12(13)14(17)18/h2-7H,8H2,1H3,(H,17,18). The number of aryl methyl sites for hydroxylation is 1. The van der Waals surface area contributed by atoms with Crippen LogP contribution in [-0.4, -0.2) is 16.1 Å². The number of ether oxygens (including phenoxy) is 1. The average molecular weight is 278 g/mol. The number of aromatic carboxylic acids is 1. The molecule has 2 rings (SSSR count). The number of hydrogen-bond donors (Lipinski definition) is 1. The van der Waals surface area contributed by atoms with Crippen molar-refractivity contribution < 1.29 is 14.6 Å². The summed E-state index contributed by atoms with van der Waals surface area (Å²) < 4.78 is 5.49. The number of carbonyl (C=O) groups is 1. The average Bonchev–Trinajstić information content (AvgIpc) is 2.37. The lowest BCUT2D eigenvalue weighted by Gasteiger charge is -2.09. The predicted molar refractivity (Wildman–Crippen MR) is 71.7 cm³/mol. The van der Waals surface area contributed by atoms with E-state index in [0.717, 1.165) is 11.4 Å². The number of halogens is 1. The van der Waals surface area contributed by atoms with Crippen LogP contribution in [0.4, 0.5) is 0 Å². The van der Waals surface area contributed by atoms with Crippen molar-refractivity contribution in [3.8, 4) is 5.75 Å². The van der Waals surface area contributed by atoms with Crippen LogP contribution < -0.4 is 4.74 Å². The fourth-order valence-corrected chi connectivity index (χ4v) is 1.80. The monoisotopic (exact) mass is 277 g/mol. The topological polar surface area (TPSA) is 59.4 Å². The number of carboxylic acid groups (broad SMARTS) is 1. The minimum Gasteiger partial charge on any atom is -0.486 e. The van der Waals surface area contributed by atoms with E-state index >= 15 is 0 Å². The van der Waals surface area contributed by atoms with Crippen LogP contribution >= 0.6 is 11.6 Å². The molecule has 19 heavy (non-hydrogen) atoms. The molecule has 0 amide bonds. The van der Waals surface area contributed by atoms with Gasteiger partial charge in [-0.3, -0.25) is 4.98 Å². The molecule has 5 heteroatoms. The van der Waals surface area contributed by atoms with Crippen molar-refractivity contribution in [2.24, 2.45) is 0 Å². The van der Waals surface area contributed by atoms with E-state index in [-0.39, 0.29) is 17.9 Å². The number of carboxylic acids is 1. The lowest BCUT2D eigenvalue weighted by Crippen LogP contribution is -2.04. The summed E-state index contributed by atoms with van der Waals surface area (Å²) in [6.45, 7) is 2.10. The minimum absolute atomic E-state index is 0.0418. The number of nitrogens with zero attached hydrogens (tertiary/aromatic N) is 1. The lowest BCUT2D eigenvalue weighted by molar-refractivity contribution is 0.0691. The van der Waals surface area contributed by atoms with Gasteiger partial charge in [-0.05, 0) is 37.3 Å². The minimum atomic E-state index is -1.07. The second-order valence-corrected chi connectivity index (χ2v) is 4.44. The molecule has 2 aromatic rings. The van der Waals surface area contributed by atoms with Crippen LogP contribution in [0.3, 0.4) is 0 Å². The van der Waals surface area contributed by atoms with Gasteiger partial charge in [-0.25, -0.2) is 4.79 Å². The highest BCUT2D eigenvalue weighted by molar-refractivity contribution is 6.31. The van der Waals surface area contributed by atoms with Crippen molar-refractivity contribution in [1.29, 1.82) is 0 Å². The third-order valence-electron chi connectivity index (χ3n) is 2.49. The first-order valence-electron chi connectivity index (χ1n) is 5.64. The van der Waals surface area contributed by atoms with Gasteiger partial charge in [-0.2, -0.15) is 0 Å². The highest BCUT2D eigenvalue weighted by Gasteiger charge is 2.12. The number of hydrogen-bond acceptors (Lipinski definition) is 3. The quantitative estimate of drug-likeness (QED) is 0.931. The second kappa shape index (κ2) is 5.71. The molecule has 0 atom stereocenters. The Morgan fingerprint density at radius 1 is 1.37 bits per heavy atom. The Bertz CT molecular complexity index is 613. The van der Waals surface area contributed by atoms with Gasteiger partial charge >= 0.3 is 5.97 Å². The molecule has 0 aliphatic carbocycles. The lowest BCUT2D eigenvalue weighted by atomic mass is 10.2. The zero-order valence-electron chi connectivity index (χ0n) is 10.3. The molecule has 0 bridgehead atoms. The van der Waals surface area contributed by atoms with Crippen LogP contribution in [0.2, 0.25) is 5.02 Å². The molecule has 1 heterocycles. The third-order valence-corrected chi connectivity index (χ3v) is 2.73. The molecule has 0 aliphatic rings. The van der Waals surface area contributed by atoms with Gasteiger partial charge in [-0.1, -0.05) is 17.7 Å². The summed E-state index contributed by atoms with van der Waals surface area (Å²) in [5.41, 5.74) is 1.67. The smallest absolute Gasteiger partial charge is 0.339 e. The number of aromatic nitrogens is 1. The SMILES string of the molecule is Cc1cccc(COc2ccc(Cl)cc2C(=O)O)n1. The Hall–Kier alpha value is -2.07. The zero-order chi connectivity index (χ0) is 13.8. The number of pyridine rings is 1. The summed E-state index contributed by atoms with van der Waals surface area (Å²) in [5.74, 6) is -0.796. The largest absolute Gasteiger partial charge is 0.486 e. The highest BCUT2D eigenvalue weighted by atomic mass is 35.5. The highest BCUT2D eigenvalue weighted by Crippen LogP contribution is 2.23. The van der Waals surface area contributed by atoms with Crippen molar-refractivity contribution in [2.45, 2.75) is 13.5 Å². The van der Waals surface area contributed by atoms with E-state index in [1.165, 1.54) is 6.07 Å². The molecule has 98 valence electrons. The van der Waals surface area contributed by atoms with Crippen molar-refractivity contribution >= 4 is 17.6 Å². The molecule has 1 aromatic heterocycles. The van der Waals surface area contributed by atoms with Gasteiger partial charge in [0.2, 0.25) is 0 Å². The fraction of sp³-hybridized carbons (Fsp3) is 0.143. The van der Waals surface area contributed by atoms with Crippen molar-refractivity contribution in [2.75, 3.05) is 0 Å². The first kappa shape index (κ1) is 13.4. The number of benzene rings is 1. The molecular weight excluding hydrogens is 266 g/mol. The summed E-state index contributed by atoms with van der Waals surface area (Å²) in [6, 6.07) is 10.1. The van der Waals surface area contributed by atoms with Gasteiger partial charge < -0.3 is 9.84 Å². The molecule has 0 spiro atoms. The van der Waals surface area contributed by atoms with Crippen molar-refractivity contribution in [3.63, 3.8) is 0 Å². The Morgan fingerprint density at radius 3 is 2.84 bits per heavy atom. The molecule has 4 nitrogen and oxygen atoms in total. The first-order valence-corrected chi connectivity index (χ1v) is 6.02. The molecular formula is C14H12ClNO3.